The molecule has 1 aromatic heterocycles. The molecule has 0 spiro atoms. The van der Waals surface area contributed by atoms with Crippen LogP contribution in [-0.4, -0.2) is 28.7 Å². The first-order valence-corrected chi connectivity index (χ1v) is 12.1. The van der Waals surface area contributed by atoms with Crippen LogP contribution in [0.15, 0.2) is 46.1 Å². The van der Waals surface area contributed by atoms with Gasteiger partial charge in [0.2, 0.25) is 0 Å². The van der Waals surface area contributed by atoms with Crippen molar-refractivity contribution >= 4 is 44.1 Å². The molecule has 9 heteroatoms. The zero-order valence-electron chi connectivity index (χ0n) is 17.4. The molecule has 31 heavy (non-hydrogen) atoms. The lowest BCUT2D eigenvalue weighted by molar-refractivity contribution is 0.102. The summed E-state index contributed by atoms with van der Waals surface area (Å²) in [5.41, 5.74) is 1.26. The van der Waals surface area contributed by atoms with Gasteiger partial charge in [0.05, 0.1) is 26.9 Å². The van der Waals surface area contributed by atoms with E-state index in [1.807, 2.05) is 0 Å². The Hall–Kier alpha value is -2.58. The van der Waals surface area contributed by atoms with Gasteiger partial charge in [-0.3, -0.25) is 13.9 Å². The topological polar surface area (TPSA) is 90.2 Å². The quantitative estimate of drug-likeness (QED) is 0.638. The minimum absolute atomic E-state index is 0.0449. The third-order valence-electron chi connectivity index (χ3n) is 6.01. The number of benzene rings is 2. The molecule has 4 rings (SSSR count). The van der Waals surface area contributed by atoms with E-state index in [4.69, 9.17) is 11.6 Å². The lowest BCUT2D eigenvalue weighted by Crippen LogP contribution is -2.25. The molecule has 0 atom stereocenters. The number of nitrogens with zero attached hydrogens (tertiary/aromatic N) is 2. The average molecular weight is 462 g/mol. The molecule has 0 unspecified atom stereocenters. The van der Waals surface area contributed by atoms with Crippen molar-refractivity contribution in [3.05, 3.63) is 57.5 Å². The highest BCUT2D eigenvalue weighted by atomic mass is 35.5. The number of sulfone groups is 1. The molecule has 0 bridgehead atoms. The van der Waals surface area contributed by atoms with E-state index >= 15 is 0 Å². The molecule has 1 fully saturated rings. The molecule has 0 saturated heterocycles. The average Bonchev–Trinajstić information content (AvgIpc) is 2.97. The van der Waals surface area contributed by atoms with Crippen LogP contribution < -0.4 is 11.0 Å². The zero-order valence-corrected chi connectivity index (χ0v) is 19.0. The number of hydrogen-bond donors (Lipinski definition) is 1. The van der Waals surface area contributed by atoms with Gasteiger partial charge in [-0.25, -0.2) is 13.2 Å². The number of hydrogen-bond acceptors (Lipinski definition) is 4. The maximum Gasteiger partial charge on any atom is 0.328 e. The number of halogens is 1. The van der Waals surface area contributed by atoms with Crippen molar-refractivity contribution in [1.82, 2.24) is 9.13 Å². The SMILES string of the molecule is Cn1c(=O)n(C)c2cc(S(=O)(=O)C3CCCCC3)c(NC(=O)c3cccc(Cl)c3)cc21. The van der Waals surface area contributed by atoms with Crippen LogP contribution in [0.5, 0.6) is 0 Å². The van der Waals surface area contributed by atoms with Crippen LogP contribution >= 0.6 is 11.6 Å². The molecule has 1 amide bonds. The molecule has 0 aliphatic heterocycles. The largest absolute Gasteiger partial charge is 0.328 e. The third kappa shape index (κ3) is 3.90. The number of aromatic nitrogens is 2. The summed E-state index contributed by atoms with van der Waals surface area (Å²) in [5, 5.41) is 2.65. The lowest BCUT2D eigenvalue weighted by atomic mass is 10.0. The van der Waals surface area contributed by atoms with E-state index in [1.54, 1.807) is 38.4 Å². The Morgan fingerprint density at radius 2 is 1.68 bits per heavy atom. The summed E-state index contributed by atoms with van der Waals surface area (Å²) in [6.07, 6.45) is 3.93. The van der Waals surface area contributed by atoms with E-state index in [-0.39, 0.29) is 16.3 Å². The summed E-state index contributed by atoms with van der Waals surface area (Å²) < 4.78 is 30.0. The molecule has 0 radical (unpaired) electrons. The Kier molecular flexibility index (Phi) is 5.70. The molecule has 1 N–H and O–H groups in total. The Labute approximate surface area is 185 Å². The standard InChI is InChI=1S/C22H24ClN3O4S/c1-25-18-12-17(24-21(27)14-7-6-8-15(23)11-14)20(13-19(18)26(2)22(25)28)31(29,30)16-9-4-3-5-10-16/h6-8,11-13,16H,3-5,9-10H2,1-2H3,(H,24,27). The van der Waals surface area contributed by atoms with E-state index < -0.39 is 21.0 Å². The molecular weight excluding hydrogens is 438 g/mol. The first-order valence-electron chi connectivity index (χ1n) is 10.2. The fourth-order valence-electron chi connectivity index (χ4n) is 4.24. The summed E-state index contributed by atoms with van der Waals surface area (Å²) in [6, 6.07) is 9.50. The smallest absolute Gasteiger partial charge is 0.321 e. The zero-order chi connectivity index (χ0) is 22.3. The Balaban J connectivity index is 1.87. The van der Waals surface area contributed by atoms with Gasteiger partial charge in [-0.1, -0.05) is 36.9 Å². The van der Waals surface area contributed by atoms with Crippen LogP contribution in [0.3, 0.4) is 0 Å². The Morgan fingerprint density at radius 3 is 2.32 bits per heavy atom. The Bertz CT molecular complexity index is 1330. The molecule has 1 aliphatic rings. The number of amides is 1. The number of fused-ring (bicyclic) bond motifs is 1. The van der Waals surface area contributed by atoms with Gasteiger partial charge in [0.15, 0.2) is 9.84 Å². The first-order chi connectivity index (χ1) is 14.7. The summed E-state index contributed by atoms with van der Waals surface area (Å²) in [5.74, 6) is -0.470. The number of rotatable bonds is 4. The van der Waals surface area contributed by atoms with Gasteiger partial charge in [-0.2, -0.15) is 0 Å². The predicted molar refractivity (Wildman–Crippen MR) is 122 cm³/mol. The van der Waals surface area contributed by atoms with Gasteiger partial charge in [0.25, 0.3) is 5.91 Å². The molecule has 7 nitrogen and oxygen atoms in total. The van der Waals surface area contributed by atoms with Crippen molar-refractivity contribution in [1.29, 1.82) is 0 Å². The van der Waals surface area contributed by atoms with Gasteiger partial charge in [0, 0.05) is 24.7 Å². The molecule has 1 aliphatic carbocycles. The van der Waals surface area contributed by atoms with Crippen LogP contribution in [-0.2, 0) is 23.9 Å². The highest BCUT2D eigenvalue weighted by Crippen LogP contribution is 2.35. The van der Waals surface area contributed by atoms with Crippen molar-refractivity contribution in [2.45, 2.75) is 42.2 Å². The molecule has 1 heterocycles. The number of carbonyl (C=O) groups is 1. The van der Waals surface area contributed by atoms with E-state index in [9.17, 15) is 18.0 Å². The monoisotopic (exact) mass is 461 g/mol. The van der Waals surface area contributed by atoms with Crippen LogP contribution in [0.2, 0.25) is 5.02 Å². The second-order valence-electron chi connectivity index (χ2n) is 8.01. The van der Waals surface area contributed by atoms with Crippen molar-refractivity contribution in [2.75, 3.05) is 5.32 Å². The first kappa shape index (κ1) is 21.6. The van der Waals surface area contributed by atoms with Crippen molar-refractivity contribution in [3.8, 4) is 0 Å². The minimum atomic E-state index is -3.71. The highest BCUT2D eigenvalue weighted by Gasteiger charge is 2.32. The van der Waals surface area contributed by atoms with E-state index in [1.165, 1.54) is 21.3 Å². The summed E-state index contributed by atoms with van der Waals surface area (Å²) in [7, 11) is -0.489. The minimum Gasteiger partial charge on any atom is -0.321 e. The maximum absolute atomic E-state index is 13.6. The molecule has 2 aromatic carbocycles. The fourth-order valence-corrected chi connectivity index (χ4v) is 6.43. The van der Waals surface area contributed by atoms with Crippen LogP contribution in [0.25, 0.3) is 11.0 Å². The number of nitrogens with one attached hydrogen (secondary N) is 1. The Morgan fingerprint density at radius 1 is 1.03 bits per heavy atom. The van der Waals surface area contributed by atoms with Crippen molar-refractivity contribution < 1.29 is 13.2 Å². The number of anilines is 1. The van der Waals surface area contributed by atoms with E-state index in [2.05, 4.69) is 5.32 Å². The molecular formula is C22H24ClN3O4S. The summed E-state index contributed by atoms with van der Waals surface area (Å²) >= 11 is 6.00. The van der Waals surface area contributed by atoms with Crippen LogP contribution in [0.4, 0.5) is 5.69 Å². The van der Waals surface area contributed by atoms with E-state index in [0.29, 0.717) is 34.5 Å². The van der Waals surface area contributed by atoms with Crippen LogP contribution in [0.1, 0.15) is 42.5 Å². The van der Waals surface area contributed by atoms with Crippen molar-refractivity contribution in [3.63, 3.8) is 0 Å². The van der Waals surface area contributed by atoms with Gasteiger partial charge in [-0.15, -0.1) is 0 Å². The fraction of sp³-hybridized carbons (Fsp3) is 0.364. The third-order valence-corrected chi connectivity index (χ3v) is 8.54. The second-order valence-corrected chi connectivity index (χ2v) is 10.6. The summed E-state index contributed by atoms with van der Waals surface area (Å²) in [6.45, 7) is 0. The number of aryl methyl sites for hydroxylation is 2. The second kappa shape index (κ2) is 8.16. The van der Waals surface area contributed by atoms with Crippen LogP contribution in [0, 0.1) is 0 Å². The highest BCUT2D eigenvalue weighted by molar-refractivity contribution is 7.92. The van der Waals surface area contributed by atoms with Gasteiger partial charge in [0.1, 0.15) is 0 Å². The predicted octanol–water partition coefficient (Wildman–Crippen LogP) is 3.89. The maximum atomic E-state index is 13.6. The number of imidazole rings is 1. The number of carbonyl (C=O) groups excluding carboxylic acids is 1. The van der Waals surface area contributed by atoms with Gasteiger partial charge >= 0.3 is 5.69 Å². The van der Waals surface area contributed by atoms with Gasteiger partial charge in [-0.05, 0) is 43.2 Å². The molecule has 164 valence electrons. The lowest BCUT2D eigenvalue weighted by Gasteiger charge is -2.23. The summed E-state index contributed by atoms with van der Waals surface area (Å²) in [4.78, 5) is 25.3. The molecule has 3 aromatic rings. The molecule has 1 saturated carbocycles. The van der Waals surface area contributed by atoms with Crippen molar-refractivity contribution in [2.24, 2.45) is 14.1 Å². The van der Waals surface area contributed by atoms with Gasteiger partial charge < -0.3 is 5.32 Å². The normalized spacial score (nSPS) is 15.3. The van der Waals surface area contributed by atoms with E-state index in [0.717, 1.165) is 19.3 Å².